The van der Waals surface area contributed by atoms with Crippen molar-refractivity contribution in [2.24, 2.45) is 0 Å². The maximum atomic E-state index is 5.76. The molecule has 14 heavy (non-hydrogen) atoms. The first-order chi connectivity index (χ1) is 6.81. The molecule has 3 heteroatoms. The summed E-state index contributed by atoms with van der Waals surface area (Å²) in [5, 5.41) is 1.26. The summed E-state index contributed by atoms with van der Waals surface area (Å²) in [7, 11) is 0. The third-order valence-corrected chi connectivity index (χ3v) is 2.93. The van der Waals surface area contributed by atoms with E-state index in [1.54, 1.807) is 0 Å². The molecule has 1 heterocycles. The van der Waals surface area contributed by atoms with Gasteiger partial charge < -0.3 is 10.3 Å². The molecule has 2 nitrogen and oxygen atoms in total. The van der Waals surface area contributed by atoms with Crippen LogP contribution in [0, 0.1) is 0 Å². The average Bonchev–Trinajstić information content (AvgIpc) is 2.57. The van der Waals surface area contributed by atoms with Gasteiger partial charge in [0.1, 0.15) is 0 Å². The fourth-order valence-electron chi connectivity index (χ4n) is 1.59. The first-order valence-electron chi connectivity index (χ1n) is 4.64. The van der Waals surface area contributed by atoms with Crippen LogP contribution in [0.1, 0.15) is 0 Å². The molecule has 2 N–H and O–H groups in total. The summed E-state index contributed by atoms with van der Waals surface area (Å²) < 4.78 is 2.25. The molecule has 1 aromatic heterocycles. The van der Waals surface area contributed by atoms with E-state index in [1.807, 2.05) is 23.9 Å². The SMILES string of the molecule is CSCCn1ccc2ccc(N)cc21. The van der Waals surface area contributed by atoms with Crippen LogP contribution >= 0.6 is 11.8 Å². The Balaban J connectivity index is 2.40. The third kappa shape index (κ3) is 1.73. The lowest BCUT2D eigenvalue weighted by Gasteiger charge is -2.04. The summed E-state index contributed by atoms with van der Waals surface area (Å²) >= 11 is 1.86. The Kier molecular flexibility index (Phi) is 2.68. The highest BCUT2D eigenvalue weighted by molar-refractivity contribution is 7.98. The zero-order valence-electron chi connectivity index (χ0n) is 8.23. The Hall–Kier alpha value is -1.09. The molecule has 0 aliphatic heterocycles. The van der Waals surface area contributed by atoms with Crippen LogP contribution in [0.5, 0.6) is 0 Å². The zero-order valence-corrected chi connectivity index (χ0v) is 9.05. The van der Waals surface area contributed by atoms with Crippen LogP contribution in [0.2, 0.25) is 0 Å². The van der Waals surface area contributed by atoms with E-state index < -0.39 is 0 Å². The number of aromatic nitrogens is 1. The predicted molar refractivity (Wildman–Crippen MR) is 64.7 cm³/mol. The van der Waals surface area contributed by atoms with Gasteiger partial charge in [0, 0.05) is 24.2 Å². The lowest BCUT2D eigenvalue weighted by atomic mass is 10.2. The Morgan fingerprint density at radius 2 is 2.21 bits per heavy atom. The van der Waals surface area contributed by atoms with Crippen molar-refractivity contribution < 1.29 is 0 Å². The highest BCUT2D eigenvalue weighted by Gasteiger charge is 2.00. The second kappa shape index (κ2) is 3.96. The maximum absolute atomic E-state index is 5.76. The number of benzene rings is 1. The number of nitrogen functional groups attached to an aromatic ring is 1. The predicted octanol–water partition coefficient (Wildman–Crippen LogP) is 2.59. The molecule has 0 spiro atoms. The number of thioether (sulfide) groups is 1. The molecule has 0 aliphatic rings. The van der Waals surface area contributed by atoms with Gasteiger partial charge in [0.05, 0.1) is 5.52 Å². The van der Waals surface area contributed by atoms with Crippen molar-refractivity contribution in [3.05, 3.63) is 30.5 Å². The number of anilines is 1. The molecule has 0 atom stereocenters. The van der Waals surface area contributed by atoms with E-state index >= 15 is 0 Å². The van der Waals surface area contributed by atoms with E-state index in [4.69, 9.17) is 5.73 Å². The highest BCUT2D eigenvalue weighted by atomic mass is 32.2. The molecule has 0 saturated carbocycles. The molecule has 0 unspecified atom stereocenters. The summed E-state index contributed by atoms with van der Waals surface area (Å²) in [5.41, 5.74) is 7.83. The zero-order chi connectivity index (χ0) is 9.97. The van der Waals surface area contributed by atoms with Gasteiger partial charge in [-0.3, -0.25) is 0 Å². The minimum atomic E-state index is 0.835. The van der Waals surface area contributed by atoms with E-state index in [9.17, 15) is 0 Å². The Morgan fingerprint density at radius 1 is 1.36 bits per heavy atom. The standard InChI is InChI=1S/C11H14N2S/c1-14-7-6-13-5-4-9-2-3-10(12)8-11(9)13/h2-5,8H,6-7,12H2,1H3. The number of hydrogen-bond donors (Lipinski definition) is 1. The molecular formula is C11H14N2S. The average molecular weight is 206 g/mol. The van der Waals surface area contributed by atoms with Gasteiger partial charge in [-0.2, -0.15) is 11.8 Å². The van der Waals surface area contributed by atoms with Crippen LogP contribution in [-0.2, 0) is 6.54 Å². The van der Waals surface area contributed by atoms with Crippen LogP contribution in [0.25, 0.3) is 10.9 Å². The number of aryl methyl sites for hydroxylation is 1. The molecule has 74 valence electrons. The van der Waals surface area contributed by atoms with Gasteiger partial charge in [-0.1, -0.05) is 6.07 Å². The number of rotatable bonds is 3. The fraction of sp³-hybridized carbons (Fsp3) is 0.273. The van der Waals surface area contributed by atoms with E-state index in [0.29, 0.717) is 0 Å². The quantitative estimate of drug-likeness (QED) is 0.782. The van der Waals surface area contributed by atoms with Crippen molar-refractivity contribution in [3.63, 3.8) is 0 Å². The Bertz CT molecular complexity index is 434. The van der Waals surface area contributed by atoms with Crippen LogP contribution < -0.4 is 5.73 Å². The molecule has 2 rings (SSSR count). The fourth-order valence-corrected chi connectivity index (χ4v) is 1.96. The van der Waals surface area contributed by atoms with Crippen molar-refractivity contribution in [2.75, 3.05) is 17.7 Å². The van der Waals surface area contributed by atoms with E-state index in [1.165, 1.54) is 10.9 Å². The summed E-state index contributed by atoms with van der Waals surface area (Å²) in [4.78, 5) is 0. The van der Waals surface area contributed by atoms with Crippen LogP contribution in [0.3, 0.4) is 0 Å². The monoisotopic (exact) mass is 206 g/mol. The minimum Gasteiger partial charge on any atom is -0.399 e. The number of nitrogens with two attached hydrogens (primary N) is 1. The Morgan fingerprint density at radius 3 is 3.00 bits per heavy atom. The molecule has 0 fully saturated rings. The van der Waals surface area contributed by atoms with Gasteiger partial charge in [0.15, 0.2) is 0 Å². The largest absolute Gasteiger partial charge is 0.399 e. The molecular weight excluding hydrogens is 192 g/mol. The minimum absolute atomic E-state index is 0.835. The van der Waals surface area contributed by atoms with Crippen LogP contribution in [0.4, 0.5) is 5.69 Å². The maximum Gasteiger partial charge on any atom is 0.0501 e. The van der Waals surface area contributed by atoms with Crippen LogP contribution in [-0.4, -0.2) is 16.6 Å². The molecule has 0 saturated heterocycles. The number of nitrogens with zero attached hydrogens (tertiary/aromatic N) is 1. The summed E-state index contributed by atoms with van der Waals surface area (Å²) in [5.74, 6) is 1.14. The second-order valence-corrected chi connectivity index (χ2v) is 4.31. The summed E-state index contributed by atoms with van der Waals surface area (Å²) in [6.45, 7) is 1.05. The van der Waals surface area contributed by atoms with Gasteiger partial charge in [-0.15, -0.1) is 0 Å². The first-order valence-corrected chi connectivity index (χ1v) is 6.04. The van der Waals surface area contributed by atoms with Gasteiger partial charge in [0.25, 0.3) is 0 Å². The van der Waals surface area contributed by atoms with E-state index in [2.05, 4.69) is 29.2 Å². The molecule has 1 aromatic carbocycles. The number of fused-ring (bicyclic) bond motifs is 1. The van der Waals surface area contributed by atoms with E-state index in [-0.39, 0.29) is 0 Å². The van der Waals surface area contributed by atoms with Gasteiger partial charge in [-0.05, 0) is 29.8 Å². The summed E-state index contributed by atoms with van der Waals surface area (Å²) in [6.07, 6.45) is 4.25. The lowest BCUT2D eigenvalue weighted by Crippen LogP contribution is -1.98. The summed E-state index contributed by atoms with van der Waals surface area (Å²) in [6, 6.07) is 8.19. The van der Waals surface area contributed by atoms with Crippen molar-refractivity contribution in [1.82, 2.24) is 4.57 Å². The smallest absolute Gasteiger partial charge is 0.0501 e. The van der Waals surface area contributed by atoms with Gasteiger partial charge in [0.2, 0.25) is 0 Å². The van der Waals surface area contributed by atoms with Crippen molar-refractivity contribution in [2.45, 2.75) is 6.54 Å². The molecule has 0 bridgehead atoms. The lowest BCUT2D eigenvalue weighted by molar-refractivity contribution is 0.808. The van der Waals surface area contributed by atoms with Crippen molar-refractivity contribution in [3.8, 4) is 0 Å². The third-order valence-electron chi connectivity index (χ3n) is 2.33. The second-order valence-electron chi connectivity index (χ2n) is 3.32. The van der Waals surface area contributed by atoms with Gasteiger partial charge in [-0.25, -0.2) is 0 Å². The van der Waals surface area contributed by atoms with Crippen molar-refractivity contribution in [1.29, 1.82) is 0 Å². The normalized spacial score (nSPS) is 10.9. The number of hydrogen-bond acceptors (Lipinski definition) is 2. The van der Waals surface area contributed by atoms with Crippen molar-refractivity contribution >= 4 is 28.4 Å². The molecule has 0 radical (unpaired) electrons. The Labute approximate surface area is 88.1 Å². The first kappa shape index (κ1) is 9.46. The highest BCUT2D eigenvalue weighted by Crippen LogP contribution is 2.18. The molecule has 0 aliphatic carbocycles. The van der Waals surface area contributed by atoms with E-state index in [0.717, 1.165) is 18.0 Å². The van der Waals surface area contributed by atoms with Crippen LogP contribution in [0.15, 0.2) is 30.5 Å². The topological polar surface area (TPSA) is 30.9 Å². The molecule has 0 amide bonds. The molecule has 2 aromatic rings. The van der Waals surface area contributed by atoms with Gasteiger partial charge >= 0.3 is 0 Å².